The first-order valence-electron chi connectivity index (χ1n) is 11.4. The van der Waals surface area contributed by atoms with E-state index in [9.17, 15) is 15.0 Å². The van der Waals surface area contributed by atoms with E-state index >= 15 is 0 Å². The Labute approximate surface area is 208 Å². The third-order valence-corrected chi connectivity index (χ3v) is 6.55. The zero-order chi connectivity index (χ0) is 25.2. The van der Waals surface area contributed by atoms with Gasteiger partial charge in [0, 0.05) is 17.7 Å². The Morgan fingerprint density at radius 3 is 2.54 bits per heavy atom. The molecule has 2 aliphatic heterocycles. The zero-order valence-electron chi connectivity index (χ0n) is 19.7. The molecule has 2 aromatic rings. The summed E-state index contributed by atoms with van der Waals surface area (Å²) in [5, 5.41) is 22.1. The van der Waals surface area contributed by atoms with Crippen molar-refractivity contribution in [1.82, 2.24) is 0 Å². The summed E-state index contributed by atoms with van der Waals surface area (Å²) in [7, 11) is 1.33. The number of carbonyl (C=O) groups is 1. The predicted molar refractivity (Wildman–Crippen MR) is 124 cm³/mol. The van der Waals surface area contributed by atoms with Gasteiger partial charge >= 0.3 is 6.16 Å². The van der Waals surface area contributed by atoms with Gasteiger partial charge in [0.2, 0.25) is 11.6 Å². The van der Waals surface area contributed by atoms with E-state index in [-0.39, 0.29) is 13.2 Å². The van der Waals surface area contributed by atoms with Gasteiger partial charge < -0.3 is 38.6 Å². The third kappa shape index (κ3) is 4.72. The first kappa shape index (κ1) is 25.7. The second kappa shape index (κ2) is 10.3. The maximum atomic E-state index is 12.2. The number of aliphatic hydroxyl groups is 2. The van der Waals surface area contributed by atoms with Crippen molar-refractivity contribution in [2.24, 2.45) is 0 Å². The van der Waals surface area contributed by atoms with Crippen LogP contribution in [0.25, 0.3) is 0 Å². The molecule has 35 heavy (non-hydrogen) atoms. The summed E-state index contributed by atoms with van der Waals surface area (Å²) >= 11 is 6.51. The summed E-state index contributed by atoms with van der Waals surface area (Å²) in [4.78, 5) is 12.2. The van der Waals surface area contributed by atoms with Gasteiger partial charge in [0.1, 0.15) is 24.6 Å². The van der Waals surface area contributed by atoms with E-state index in [1.54, 1.807) is 25.1 Å². The van der Waals surface area contributed by atoms with Crippen LogP contribution in [-0.2, 0) is 35.9 Å². The molecule has 190 valence electrons. The molecule has 2 aliphatic rings. The van der Waals surface area contributed by atoms with Gasteiger partial charge in [-0.2, -0.15) is 0 Å². The van der Waals surface area contributed by atoms with Gasteiger partial charge in [0.15, 0.2) is 6.10 Å². The van der Waals surface area contributed by atoms with E-state index in [4.69, 9.17) is 40.0 Å². The van der Waals surface area contributed by atoms with Crippen molar-refractivity contribution in [2.75, 3.05) is 26.9 Å². The normalized spacial score (nSPS) is 29.6. The van der Waals surface area contributed by atoms with Crippen molar-refractivity contribution in [2.45, 2.75) is 50.2 Å². The minimum Gasteiger partial charge on any atom is -0.494 e. The number of halogens is 1. The number of hydrogen-bond acceptors (Lipinski definition) is 9. The quantitative estimate of drug-likeness (QED) is 0.519. The average molecular weight is 509 g/mol. The molecule has 2 heterocycles. The first-order valence-corrected chi connectivity index (χ1v) is 11.8. The lowest BCUT2D eigenvalue weighted by molar-refractivity contribution is -0.375. The highest BCUT2D eigenvalue weighted by Crippen LogP contribution is 2.51. The molecule has 10 heteroatoms. The molecular formula is C25H29ClO9. The minimum atomic E-state index is -1.76. The number of ether oxygens (including phenoxy) is 6. The number of fused-ring (bicyclic) bond motifs is 2. The van der Waals surface area contributed by atoms with E-state index in [0.29, 0.717) is 23.6 Å². The van der Waals surface area contributed by atoms with Crippen molar-refractivity contribution < 1.29 is 43.4 Å². The lowest BCUT2D eigenvalue weighted by Gasteiger charge is -2.46. The van der Waals surface area contributed by atoms with Crippen LogP contribution in [0.15, 0.2) is 42.5 Å². The van der Waals surface area contributed by atoms with Crippen molar-refractivity contribution in [1.29, 1.82) is 0 Å². The van der Waals surface area contributed by atoms with E-state index < -0.39 is 36.0 Å². The maximum absolute atomic E-state index is 12.2. The average Bonchev–Trinajstić information content (AvgIpc) is 3.23. The Hall–Kier alpha value is -2.40. The summed E-state index contributed by atoms with van der Waals surface area (Å²) in [6.07, 6.45) is -5.12. The van der Waals surface area contributed by atoms with Gasteiger partial charge in [-0.1, -0.05) is 29.8 Å². The highest BCUT2D eigenvalue weighted by molar-refractivity contribution is 6.31. The number of methoxy groups -OCH3 is 1. The zero-order valence-corrected chi connectivity index (χ0v) is 20.5. The van der Waals surface area contributed by atoms with Crippen LogP contribution in [0.1, 0.15) is 30.5 Å². The fourth-order valence-corrected chi connectivity index (χ4v) is 4.59. The molecular weight excluding hydrogens is 480 g/mol. The van der Waals surface area contributed by atoms with E-state index in [1.165, 1.54) is 7.11 Å². The molecule has 2 saturated heterocycles. The Balaban J connectivity index is 1.70. The molecule has 4 rings (SSSR count). The van der Waals surface area contributed by atoms with Gasteiger partial charge in [0.05, 0.1) is 13.2 Å². The van der Waals surface area contributed by atoms with Crippen molar-refractivity contribution in [3.05, 3.63) is 64.2 Å². The molecule has 0 aromatic heterocycles. The highest BCUT2D eigenvalue weighted by atomic mass is 35.5. The van der Waals surface area contributed by atoms with Crippen LogP contribution in [0.4, 0.5) is 4.79 Å². The molecule has 0 spiro atoms. The highest BCUT2D eigenvalue weighted by Gasteiger charge is 2.69. The van der Waals surface area contributed by atoms with Gasteiger partial charge in [-0.15, -0.1) is 0 Å². The Morgan fingerprint density at radius 1 is 1.14 bits per heavy atom. The summed E-state index contributed by atoms with van der Waals surface area (Å²) in [5.74, 6) is -2.64. The van der Waals surface area contributed by atoms with Crippen LogP contribution < -0.4 is 4.74 Å². The Morgan fingerprint density at radius 2 is 1.89 bits per heavy atom. The molecule has 0 aliphatic carbocycles. The van der Waals surface area contributed by atoms with Crippen molar-refractivity contribution in [3.8, 4) is 5.75 Å². The molecule has 5 atom stereocenters. The van der Waals surface area contributed by atoms with Crippen LogP contribution in [0, 0.1) is 0 Å². The minimum absolute atomic E-state index is 0.0636. The van der Waals surface area contributed by atoms with Crippen molar-refractivity contribution in [3.63, 3.8) is 0 Å². The monoisotopic (exact) mass is 508 g/mol. The number of hydrogen-bond donors (Lipinski definition) is 2. The first-order chi connectivity index (χ1) is 16.8. The fourth-order valence-electron chi connectivity index (χ4n) is 4.41. The molecule has 2 bridgehead atoms. The molecule has 0 saturated carbocycles. The fraction of sp³-hybridized carbons (Fsp3) is 0.480. The number of benzene rings is 2. The van der Waals surface area contributed by atoms with E-state index in [0.717, 1.165) is 16.9 Å². The molecule has 0 radical (unpaired) electrons. The van der Waals surface area contributed by atoms with Crippen LogP contribution in [0.5, 0.6) is 5.75 Å². The van der Waals surface area contributed by atoms with Gasteiger partial charge in [-0.05, 0) is 55.7 Å². The standard InChI is InChI=1S/C25H29ClO9/c1-4-31-18-9-6-15(7-10-18)12-16-13-17(8-11-19(16)26)25-22(34-23(29)32-5-2)20(27)21(28)24(30-3,35-25)14-33-25/h6-11,13,20-22,27-28H,4-5,12,14H2,1-3H3/t20-,21-,22+,24-,25-/m0/s1. The molecule has 2 N–H and O–H groups in total. The summed E-state index contributed by atoms with van der Waals surface area (Å²) in [5.41, 5.74) is 2.17. The maximum Gasteiger partial charge on any atom is 0.508 e. The van der Waals surface area contributed by atoms with Crippen LogP contribution in [-0.4, -0.2) is 67.4 Å². The summed E-state index contributed by atoms with van der Waals surface area (Å²) < 4.78 is 33.3. The molecule has 0 amide bonds. The number of aliphatic hydroxyl groups excluding tert-OH is 2. The number of rotatable bonds is 8. The van der Waals surface area contributed by atoms with E-state index in [2.05, 4.69) is 0 Å². The number of carbonyl (C=O) groups excluding carboxylic acids is 1. The largest absolute Gasteiger partial charge is 0.508 e. The topological polar surface area (TPSA) is 113 Å². The molecule has 2 fully saturated rings. The molecule has 2 aromatic carbocycles. The van der Waals surface area contributed by atoms with E-state index in [1.807, 2.05) is 31.2 Å². The van der Waals surface area contributed by atoms with Crippen LogP contribution in [0.3, 0.4) is 0 Å². The summed E-state index contributed by atoms with van der Waals surface area (Å²) in [6, 6.07) is 12.7. The SMILES string of the molecule is CCOC(=O)O[C@@H]1[C@@H](O)[C@H](O)[C@]2(OC)CO[C@@]1(c1ccc(Cl)c(Cc3ccc(OCC)cc3)c1)O2. The Kier molecular flexibility index (Phi) is 7.56. The lowest BCUT2D eigenvalue weighted by Crippen LogP contribution is -2.66. The second-order valence-corrected chi connectivity index (χ2v) is 8.70. The van der Waals surface area contributed by atoms with Crippen LogP contribution >= 0.6 is 11.6 Å². The predicted octanol–water partition coefficient (Wildman–Crippen LogP) is 3.15. The second-order valence-electron chi connectivity index (χ2n) is 8.29. The van der Waals surface area contributed by atoms with Gasteiger partial charge in [0.25, 0.3) is 0 Å². The smallest absolute Gasteiger partial charge is 0.494 e. The van der Waals surface area contributed by atoms with Gasteiger partial charge in [-0.25, -0.2) is 4.79 Å². The van der Waals surface area contributed by atoms with Crippen LogP contribution in [0.2, 0.25) is 5.02 Å². The summed E-state index contributed by atoms with van der Waals surface area (Å²) in [6.45, 7) is 3.97. The van der Waals surface area contributed by atoms with Crippen molar-refractivity contribution >= 4 is 17.8 Å². The third-order valence-electron chi connectivity index (χ3n) is 6.18. The molecule has 9 nitrogen and oxygen atoms in total. The molecule has 0 unspecified atom stereocenters. The lowest BCUT2D eigenvalue weighted by atomic mass is 9.87. The van der Waals surface area contributed by atoms with Gasteiger partial charge in [-0.3, -0.25) is 0 Å². The Bertz CT molecular complexity index is 1050.